The average molecular weight is 167 g/mol. The standard InChI is InChI=1S/C8H9NO3/c1-6(11)12-8-4-2-3-7(5-10)9-8/h2-4,10H,5H2,1H3. The van der Waals surface area contributed by atoms with Gasteiger partial charge in [-0.25, -0.2) is 4.98 Å². The molecule has 0 aliphatic heterocycles. The van der Waals surface area contributed by atoms with Gasteiger partial charge in [-0.1, -0.05) is 6.07 Å². The summed E-state index contributed by atoms with van der Waals surface area (Å²) in [4.78, 5) is 14.3. The molecule has 0 spiro atoms. The SMILES string of the molecule is CC(=O)Oc1cccc(CO)n1. The highest BCUT2D eigenvalue weighted by Crippen LogP contribution is 2.07. The Morgan fingerprint density at radius 1 is 1.67 bits per heavy atom. The molecule has 1 heterocycles. The maximum Gasteiger partial charge on any atom is 0.309 e. The third kappa shape index (κ3) is 2.32. The van der Waals surface area contributed by atoms with Gasteiger partial charge in [-0.3, -0.25) is 4.79 Å². The van der Waals surface area contributed by atoms with E-state index in [1.165, 1.54) is 6.92 Å². The van der Waals surface area contributed by atoms with Crippen LogP contribution in [0.1, 0.15) is 12.6 Å². The fourth-order valence-electron chi connectivity index (χ4n) is 0.750. The van der Waals surface area contributed by atoms with Crippen LogP contribution in [0.5, 0.6) is 5.88 Å². The zero-order valence-electron chi connectivity index (χ0n) is 6.65. The first kappa shape index (κ1) is 8.67. The number of rotatable bonds is 2. The van der Waals surface area contributed by atoms with Crippen molar-refractivity contribution < 1.29 is 14.6 Å². The summed E-state index contributed by atoms with van der Waals surface area (Å²) in [5, 5.41) is 8.69. The third-order valence-corrected chi connectivity index (χ3v) is 1.19. The van der Waals surface area contributed by atoms with Gasteiger partial charge in [0, 0.05) is 13.0 Å². The maximum atomic E-state index is 10.5. The molecular weight excluding hydrogens is 158 g/mol. The Labute approximate surface area is 69.8 Å². The van der Waals surface area contributed by atoms with Crippen molar-refractivity contribution >= 4 is 5.97 Å². The topological polar surface area (TPSA) is 59.4 Å². The highest BCUT2D eigenvalue weighted by atomic mass is 16.5. The van der Waals surface area contributed by atoms with Crippen molar-refractivity contribution in [3.8, 4) is 5.88 Å². The molecule has 4 nitrogen and oxygen atoms in total. The Morgan fingerprint density at radius 2 is 2.42 bits per heavy atom. The van der Waals surface area contributed by atoms with Crippen LogP contribution in [0.4, 0.5) is 0 Å². The van der Waals surface area contributed by atoms with Crippen molar-refractivity contribution in [1.82, 2.24) is 4.98 Å². The first-order valence-electron chi connectivity index (χ1n) is 3.47. The van der Waals surface area contributed by atoms with Crippen LogP contribution < -0.4 is 4.74 Å². The van der Waals surface area contributed by atoms with Crippen LogP contribution in [0.25, 0.3) is 0 Å². The number of aliphatic hydroxyl groups is 1. The van der Waals surface area contributed by atoms with Crippen LogP contribution in [0.3, 0.4) is 0 Å². The van der Waals surface area contributed by atoms with E-state index in [1.54, 1.807) is 18.2 Å². The smallest absolute Gasteiger partial charge is 0.309 e. The second-order valence-electron chi connectivity index (χ2n) is 2.22. The molecular formula is C8H9NO3. The van der Waals surface area contributed by atoms with Crippen molar-refractivity contribution in [2.75, 3.05) is 0 Å². The summed E-state index contributed by atoms with van der Waals surface area (Å²) >= 11 is 0. The van der Waals surface area contributed by atoms with Crippen LogP contribution in [-0.4, -0.2) is 16.1 Å². The minimum absolute atomic E-state index is 0.158. The monoisotopic (exact) mass is 167 g/mol. The summed E-state index contributed by atoms with van der Waals surface area (Å²) in [6, 6.07) is 4.87. The molecule has 0 amide bonds. The summed E-state index contributed by atoms with van der Waals surface area (Å²) in [7, 11) is 0. The van der Waals surface area contributed by atoms with Crippen LogP contribution in [0.2, 0.25) is 0 Å². The number of aromatic nitrogens is 1. The largest absolute Gasteiger partial charge is 0.408 e. The predicted octanol–water partition coefficient (Wildman–Crippen LogP) is 0.499. The Kier molecular flexibility index (Phi) is 2.76. The van der Waals surface area contributed by atoms with Crippen molar-refractivity contribution in [1.29, 1.82) is 0 Å². The molecule has 1 aromatic rings. The van der Waals surface area contributed by atoms with E-state index >= 15 is 0 Å². The molecule has 0 fully saturated rings. The fraction of sp³-hybridized carbons (Fsp3) is 0.250. The van der Waals surface area contributed by atoms with Crippen LogP contribution in [-0.2, 0) is 11.4 Å². The van der Waals surface area contributed by atoms with E-state index in [1.807, 2.05) is 0 Å². The third-order valence-electron chi connectivity index (χ3n) is 1.19. The molecule has 0 saturated carbocycles. The number of aliphatic hydroxyl groups excluding tert-OH is 1. The quantitative estimate of drug-likeness (QED) is 0.651. The predicted molar refractivity (Wildman–Crippen MR) is 41.5 cm³/mol. The van der Waals surface area contributed by atoms with Gasteiger partial charge in [0.1, 0.15) is 0 Å². The lowest BCUT2D eigenvalue weighted by molar-refractivity contribution is -0.132. The van der Waals surface area contributed by atoms with E-state index < -0.39 is 5.97 Å². The van der Waals surface area contributed by atoms with Gasteiger partial charge in [0.25, 0.3) is 0 Å². The Bertz CT molecular complexity index is 285. The normalized spacial score (nSPS) is 9.50. The lowest BCUT2D eigenvalue weighted by Gasteiger charge is -2.00. The summed E-state index contributed by atoms with van der Waals surface area (Å²) in [6.07, 6.45) is 0. The summed E-state index contributed by atoms with van der Waals surface area (Å²) < 4.78 is 4.70. The molecule has 0 aliphatic rings. The molecule has 0 saturated heterocycles. The molecule has 12 heavy (non-hydrogen) atoms. The number of hydrogen-bond acceptors (Lipinski definition) is 4. The van der Waals surface area contributed by atoms with E-state index in [4.69, 9.17) is 9.84 Å². The number of nitrogens with zero attached hydrogens (tertiary/aromatic N) is 1. The molecule has 4 heteroatoms. The van der Waals surface area contributed by atoms with Gasteiger partial charge >= 0.3 is 5.97 Å². The fourth-order valence-corrected chi connectivity index (χ4v) is 0.750. The zero-order chi connectivity index (χ0) is 8.97. The highest BCUT2D eigenvalue weighted by Gasteiger charge is 1.99. The Hall–Kier alpha value is -1.42. The lowest BCUT2D eigenvalue weighted by Crippen LogP contribution is -2.03. The second kappa shape index (κ2) is 3.82. The second-order valence-corrected chi connectivity index (χ2v) is 2.22. The number of carbonyl (C=O) groups is 1. The van der Waals surface area contributed by atoms with Crippen LogP contribution in [0, 0.1) is 0 Å². The average Bonchev–Trinajstić information content (AvgIpc) is 2.03. The zero-order valence-corrected chi connectivity index (χ0v) is 6.65. The molecule has 0 atom stereocenters. The van der Waals surface area contributed by atoms with Gasteiger partial charge in [0.2, 0.25) is 5.88 Å². The van der Waals surface area contributed by atoms with Gasteiger partial charge < -0.3 is 9.84 Å². The van der Waals surface area contributed by atoms with Gasteiger partial charge in [0.05, 0.1) is 12.3 Å². The highest BCUT2D eigenvalue weighted by molar-refractivity contribution is 5.68. The van der Waals surface area contributed by atoms with Crippen molar-refractivity contribution in [3.63, 3.8) is 0 Å². The van der Waals surface area contributed by atoms with Gasteiger partial charge in [-0.15, -0.1) is 0 Å². The van der Waals surface area contributed by atoms with E-state index in [-0.39, 0.29) is 12.5 Å². The molecule has 0 aliphatic carbocycles. The molecule has 1 rings (SSSR count). The van der Waals surface area contributed by atoms with Crippen molar-refractivity contribution in [3.05, 3.63) is 23.9 Å². The molecule has 1 aromatic heterocycles. The van der Waals surface area contributed by atoms with Gasteiger partial charge in [-0.05, 0) is 6.07 Å². The van der Waals surface area contributed by atoms with E-state index in [9.17, 15) is 4.79 Å². The van der Waals surface area contributed by atoms with Crippen LogP contribution in [0.15, 0.2) is 18.2 Å². The molecule has 1 N–H and O–H groups in total. The minimum Gasteiger partial charge on any atom is -0.408 e. The van der Waals surface area contributed by atoms with E-state index in [2.05, 4.69) is 4.98 Å². The Morgan fingerprint density at radius 3 is 3.00 bits per heavy atom. The summed E-state index contributed by atoms with van der Waals surface area (Å²) in [6.45, 7) is 1.14. The van der Waals surface area contributed by atoms with Crippen molar-refractivity contribution in [2.45, 2.75) is 13.5 Å². The Balaban J connectivity index is 2.79. The molecule has 0 radical (unpaired) electrons. The number of esters is 1. The lowest BCUT2D eigenvalue weighted by atomic mass is 10.4. The first-order chi connectivity index (χ1) is 5.72. The summed E-state index contributed by atoms with van der Waals surface area (Å²) in [5.41, 5.74) is 0.480. The number of carbonyl (C=O) groups excluding carboxylic acids is 1. The molecule has 64 valence electrons. The minimum atomic E-state index is -0.419. The van der Waals surface area contributed by atoms with Crippen LogP contribution >= 0.6 is 0 Å². The van der Waals surface area contributed by atoms with E-state index in [0.29, 0.717) is 5.69 Å². The molecule has 0 unspecified atom stereocenters. The summed E-state index contributed by atoms with van der Waals surface area (Å²) in [5.74, 6) is -0.202. The maximum absolute atomic E-state index is 10.5. The van der Waals surface area contributed by atoms with E-state index in [0.717, 1.165) is 0 Å². The molecule has 0 aromatic carbocycles. The van der Waals surface area contributed by atoms with Gasteiger partial charge in [-0.2, -0.15) is 0 Å². The number of ether oxygens (including phenoxy) is 1. The van der Waals surface area contributed by atoms with Crippen molar-refractivity contribution in [2.24, 2.45) is 0 Å². The van der Waals surface area contributed by atoms with Gasteiger partial charge in [0.15, 0.2) is 0 Å². The number of hydrogen-bond donors (Lipinski definition) is 1. The first-order valence-corrected chi connectivity index (χ1v) is 3.47. The molecule has 0 bridgehead atoms. The number of pyridine rings is 1.